The number of benzene rings is 2. The Labute approximate surface area is 161 Å². The van der Waals surface area contributed by atoms with Gasteiger partial charge in [0.25, 0.3) is 5.91 Å². The number of hydrogen-bond donors (Lipinski definition) is 1. The largest absolute Gasteiger partial charge is 0.346 e. The zero-order valence-corrected chi connectivity index (χ0v) is 16.8. The molecule has 27 heavy (non-hydrogen) atoms. The molecule has 1 saturated heterocycles. The molecule has 0 aromatic heterocycles. The first kappa shape index (κ1) is 19.4. The molecule has 1 fully saturated rings. The van der Waals surface area contributed by atoms with E-state index < -0.39 is 10.0 Å². The average molecular weight is 387 g/mol. The van der Waals surface area contributed by atoms with E-state index in [0.717, 1.165) is 12.0 Å². The molecule has 0 spiro atoms. The van der Waals surface area contributed by atoms with Gasteiger partial charge in [-0.2, -0.15) is 0 Å². The smallest absolute Gasteiger partial charge is 0.251 e. The first-order chi connectivity index (χ1) is 12.8. The molecule has 2 aromatic rings. The number of anilines is 1. The number of amides is 1. The fraction of sp³-hybridized carbons (Fsp3) is 0.381. The van der Waals surface area contributed by atoms with Crippen LogP contribution in [0.1, 0.15) is 52.9 Å². The summed E-state index contributed by atoms with van der Waals surface area (Å²) in [5.41, 5.74) is 4.46. The molecule has 1 aliphatic heterocycles. The van der Waals surface area contributed by atoms with Gasteiger partial charge in [0.2, 0.25) is 10.0 Å². The topological polar surface area (TPSA) is 66.5 Å². The van der Waals surface area contributed by atoms with Gasteiger partial charge in [0, 0.05) is 12.1 Å². The lowest BCUT2D eigenvalue weighted by atomic mass is 10.0. The highest BCUT2D eigenvalue weighted by Crippen LogP contribution is 2.25. The Hall–Kier alpha value is -2.34. The molecule has 1 amide bonds. The molecule has 2 aromatic carbocycles. The Morgan fingerprint density at radius 1 is 1.07 bits per heavy atom. The van der Waals surface area contributed by atoms with Crippen molar-refractivity contribution in [3.8, 4) is 0 Å². The van der Waals surface area contributed by atoms with E-state index in [2.05, 4.69) is 31.3 Å². The molecule has 1 heterocycles. The number of carbonyl (C=O) groups excluding carboxylic acids is 1. The Kier molecular flexibility index (Phi) is 5.56. The molecular formula is C21H26N2O3S. The normalized spacial score (nSPS) is 17.4. The molecule has 5 nitrogen and oxygen atoms in total. The molecule has 0 radical (unpaired) electrons. The van der Waals surface area contributed by atoms with E-state index in [-0.39, 0.29) is 17.7 Å². The van der Waals surface area contributed by atoms with Crippen molar-refractivity contribution in [3.05, 3.63) is 64.7 Å². The quantitative estimate of drug-likeness (QED) is 0.871. The molecule has 144 valence electrons. The van der Waals surface area contributed by atoms with Crippen molar-refractivity contribution in [2.24, 2.45) is 0 Å². The summed E-state index contributed by atoms with van der Waals surface area (Å²) >= 11 is 0. The molecule has 0 aliphatic carbocycles. The van der Waals surface area contributed by atoms with E-state index in [0.29, 0.717) is 24.2 Å². The van der Waals surface area contributed by atoms with Crippen molar-refractivity contribution in [2.75, 3.05) is 16.6 Å². The van der Waals surface area contributed by atoms with Crippen molar-refractivity contribution >= 4 is 21.6 Å². The van der Waals surface area contributed by atoms with Crippen molar-refractivity contribution in [2.45, 2.75) is 39.7 Å². The lowest BCUT2D eigenvalue weighted by Crippen LogP contribution is -2.38. The first-order valence-electron chi connectivity index (χ1n) is 9.26. The van der Waals surface area contributed by atoms with Gasteiger partial charge >= 0.3 is 0 Å². The van der Waals surface area contributed by atoms with Crippen molar-refractivity contribution in [3.63, 3.8) is 0 Å². The van der Waals surface area contributed by atoms with Crippen LogP contribution in [0.3, 0.4) is 0 Å². The monoisotopic (exact) mass is 386 g/mol. The zero-order valence-electron chi connectivity index (χ0n) is 16.0. The Bertz CT molecular complexity index is 954. The Morgan fingerprint density at radius 3 is 2.56 bits per heavy atom. The van der Waals surface area contributed by atoms with Gasteiger partial charge in [-0.15, -0.1) is 0 Å². The van der Waals surface area contributed by atoms with Gasteiger partial charge in [0.1, 0.15) is 0 Å². The second kappa shape index (κ2) is 7.72. The third-order valence-electron chi connectivity index (χ3n) is 5.12. The van der Waals surface area contributed by atoms with E-state index in [1.165, 1.54) is 15.4 Å². The van der Waals surface area contributed by atoms with E-state index in [4.69, 9.17) is 0 Å². The SMILES string of the molecule is Cc1ccc([C@@H](C)NC(=O)c2cccc(N3CCCCS3(=O)=O)c2)cc1C. The van der Waals surface area contributed by atoms with Gasteiger partial charge < -0.3 is 5.32 Å². The summed E-state index contributed by atoms with van der Waals surface area (Å²) in [6, 6.07) is 12.9. The third-order valence-corrected chi connectivity index (χ3v) is 6.99. The Balaban J connectivity index is 1.78. The first-order valence-corrected chi connectivity index (χ1v) is 10.9. The summed E-state index contributed by atoms with van der Waals surface area (Å²) in [7, 11) is -3.29. The molecule has 6 heteroatoms. The maximum atomic E-state index is 12.7. The van der Waals surface area contributed by atoms with Crippen LogP contribution in [0.15, 0.2) is 42.5 Å². The summed E-state index contributed by atoms with van der Waals surface area (Å²) in [5, 5.41) is 3.00. The number of rotatable bonds is 4. The molecule has 0 saturated carbocycles. The molecule has 1 aliphatic rings. The summed E-state index contributed by atoms with van der Waals surface area (Å²) in [6.07, 6.45) is 1.52. The van der Waals surface area contributed by atoms with Crippen molar-refractivity contribution in [1.82, 2.24) is 5.32 Å². The number of sulfonamides is 1. The Morgan fingerprint density at radius 2 is 1.85 bits per heavy atom. The summed E-state index contributed by atoms with van der Waals surface area (Å²) in [6.45, 7) is 6.52. The van der Waals surface area contributed by atoms with Crippen LogP contribution in [0.5, 0.6) is 0 Å². The average Bonchev–Trinajstić information content (AvgIpc) is 2.63. The minimum Gasteiger partial charge on any atom is -0.346 e. The minimum atomic E-state index is -3.29. The van der Waals surface area contributed by atoms with Gasteiger partial charge in [0.15, 0.2) is 0 Å². The lowest BCUT2D eigenvalue weighted by molar-refractivity contribution is 0.0940. The van der Waals surface area contributed by atoms with Gasteiger partial charge in [-0.25, -0.2) is 8.42 Å². The molecule has 0 unspecified atom stereocenters. The van der Waals surface area contributed by atoms with E-state index in [9.17, 15) is 13.2 Å². The highest BCUT2D eigenvalue weighted by Gasteiger charge is 2.26. The third kappa shape index (κ3) is 4.33. The highest BCUT2D eigenvalue weighted by atomic mass is 32.2. The number of aryl methyl sites for hydroxylation is 2. The number of hydrogen-bond acceptors (Lipinski definition) is 3. The van der Waals surface area contributed by atoms with E-state index >= 15 is 0 Å². The van der Waals surface area contributed by atoms with Gasteiger partial charge in [-0.05, 0) is 68.5 Å². The van der Waals surface area contributed by atoms with Crippen LogP contribution < -0.4 is 9.62 Å². The maximum Gasteiger partial charge on any atom is 0.251 e. The zero-order chi connectivity index (χ0) is 19.6. The van der Waals surface area contributed by atoms with Gasteiger partial charge in [0.05, 0.1) is 17.5 Å². The molecule has 1 N–H and O–H groups in total. The standard InChI is InChI=1S/C21H26N2O3S/c1-15-9-10-18(13-16(15)2)17(3)22-21(24)19-7-6-8-20(14-19)23-11-4-5-12-27(23,25)26/h6-10,13-14,17H,4-5,11-12H2,1-3H3,(H,22,24)/t17-/m1/s1. The summed E-state index contributed by atoms with van der Waals surface area (Å²) in [5.74, 6) is -0.0512. The molecular weight excluding hydrogens is 360 g/mol. The number of nitrogens with one attached hydrogen (secondary N) is 1. The number of nitrogens with zero attached hydrogens (tertiary/aromatic N) is 1. The second-order valence-corrected chi connectivity index (χ2v) is 9.20. The van der Waals surface area contributed by atoms with Crippen molar-refractivity contribution in [1.29, 1.82) is 0 Å². The summed E-state index contributed by atoms with van der Waals surface area (Å²) < 4.78 is 26.0. The molecule has 1 atom stereocenters. The van der Waals surface area contributed by atoms with Gasteiger partial charge in [-0.3, -0.25) is 9.10 Å². The van der Waals surface area contributed by atoms with Crippen LogP contribution in [0.4, 0.5) is 5.69 Å². The predicted molar refractivity (Wildman–Crippen MR) is 109 cm³/mol. The minimum absolute atomic E-state index is 0.140. The molecule has 0 bridgehead atoms. The highest BCUT2D eigenvalue weighted by molar-refractivity contribution is 7.92. The van der Waals surface area contributed by atoms with Crippen LogP contribution in [0, 0.1) is 13.8 Å². The van der Waals surface area contributed by atoms with Crippen LogP contribution in [-0.4, -0.2) is 26.6 Å². The fourth-order valence-corrected chi connectivity index (χ4v) is 4.91. The van der Waals surface area contributed by atoms with Gasteiger partial charge in [-0.1, -0.05) is 24.3 Å². The lowest BCUT2D eigenvalue weighted by Gasteiger charge is -2.28. The van der Waals surface area contributed by atoms with E-state index in [1.54, 1.807) is 24.3 Å². The van der Waals surface area contributed by atoms with Crippen LogP contribution >= 0.6 is 0 Å². The number of carbonyl (C=O) groups is 1. The fourth-order valence-electron chi connectivity index (χ4n) is 3.28. The summed E-state index contributed by atoms with van der Waals surface area (Å²) in [4.78, 5) is 12.7. The van der Waals surface area contributed by atoms with Crippen molar-refractivity contribution < 1.29 is 13.2 Å². The molecule has 3 rings (SSSR count). The van der Waals surface area contributed by atoms with E-state index in [1.807, 2.05) is 13.0 Å². The second-order valence-electron chi connectivity index (χ2n) is 7.18. The van der Waals surface area contributed by atoms with Crippen LogP contribution in [0.2, 0.25) is 0 Å². The van der Waals surface area contributed by atoms with Crippen LogP contribution in [-0.2, 0) is 10.0 Å². The predicted octanol–water partition coefficient (Wildman–Crippen LogP) is 3.72. The van der Waals surface area contributed by atoms with Crippen LogP contribution in [0.25, 0.3) is 0 Å². The maximum absolute atomic E-state index is 12.7.